The molecule has 110 valence electrons. The molecule has 0 spiro atoms. The van der Waals surface area contributed by atoms with Gasteiger partial charge in [0, 0.05) is 10.9 Å². The van der Waals surface area contributed by atoms with Crippen LogP contribution in [0.1, 0.15) is 44.9 Å². The molecule has 1 aromatic carbocycles. The number of rotatable bonds is 4. The number of halogens is 3. The monoisotopic (exact) mass is 345 g/mol. The average Bonchev–Trinajstić information content (AvgIpc) is 2.42. The molecule has 1 fully saturated rings. The molecule has 0 radical (unpaired) electrons. The van der Waals surface area contributed by atoms with E-state index < -0.39 is 11.6 Å². The third-order valence-corrected chi connectivity index (χ3v) is 4.23. The van der Waals surface area contributed by atoms with Crippen molar-refractivity contribution in [1.82, 2.24) is 0 Å². The number of carbonyl (C=O) groups is 1. The molecule has 0 aliphatic heterocycles. The zero-order valence-electron chi connectivity index (χ0n) is 11.2. The van der Waals surface area contributed by atoms with E-state index >= 15 is 0 Å². The summed E-state index contributed by atoms with van der Waals surface area (Å²) in [5, 5.41) is 2.34. The smallest absolute Gasteiger partial charge is 0.224 e. The van der Waals surface area contributed by atoms with Crippen LogP contribution in [0.15, 0.2) is 16.6 Å². The molecule has 1 aromatic rings. The fraction of sp³-hybridized carbons (Fsp3) is 0.533. The predicted octanol–water partition coefficient (Wildman–Crippen LogP) is 5.03. The topological polar surface area (TPSA) is 29.1 Å². The van der Waals surface area contributed by atoms with Crippen LogP contribution < -0.4 is 5.32 Å². The van der Waals surface area contributed by atoms with Gasteiger partial charge in [0.2, 0.25) is 5.91 Å². The predicted molar refractivity (Wildman–Crippen MR) is 78.5 cm³/mol. The summed E-state index contributed by atoms with van der Waals surface area (Å²) in [6.45, 7) is 0. The number of anilines is 1. The average molecular weight is 346 g/mol. The molecule has 2 rings (SSSR count). The van der Waals surface area contributed by atoms with Crippen molar-refractivity contribution in [3.05, 3.63) is 28.2 Å². The molecule has 0 unspecified atom stereocenters. The summed E-state index contributed by atoms with van der Waals surface area (Å²) >= 11 is 3.00. The van der Waals surface area contributed by atoms with Gasteiger partial charge in [0.15, 0.2) is 11.6 Å². The summed E-state index contributed by atoms with van der Waals surface area (Å²) in [5.74, 6) is -1.27. The number of amides is 1. The van der Waals surface area contributed by atoms with E-state index in [1.54, 1.807) is 0 Å². The Kier molecular flexibility index (Phi) is 5.52. The second-order valence-electron chi connectivity index (χ2n) is 5.34. The Bertz CT molecular complexity index is 464. The summed E-state index contributed by atoms with van der Waals surface area (Å²) in [6, 6.07) is 2.28. The summed E-state index contributed by atoms with van der Waals surface area (Å²) < 4.78 is 27.5. The van der Waals surface area contributed by atoms with Crippen LogP contribution in [-0.2, 0) is 4.79 Å². The Morgan fingerprint density at radius 2 is 1.80 bits per heavy atom. The normalized spacial score (nSPS) is 16.1. The highest BCUT2D eigenvalue weighted by Crippen LogP contribution is 2.28. The van der Waals surface area contributed by atoms with E-state index in [4.69, 9.17) is 0 Å². The van der Waals surface area contributed by atoms with Crippen LogP contribution in [0, 0.1) is 17.6 Å². The minimum atomic E-state index is -0.761. The minimum Gasteiger partial charge on any atom is -0.321 e. The van der Waals surface area contributed by atoms with Gasteiger partial charge in [-0.2, -0.15) is 0 Å². The van der Waals surface area contributed by atoms with Crippen LogP contribution in [0.3, 0.4) is 0 Å². The van der Waals surface area contributed by atoms with Gasteiger partial charge in [-0.3, -0.25) is 4.79 Å². The van der Waals surface area contributed by atoms with Crippen molar-refractivity contribution in [3.8, 4) is 0 Å². The van der Waals surface area contributed by atoms with Gasteiger partial charge >= 0.3 is 0 Å². The fourth-order valence-corrected chi connectivity index (χ4v) is 3.08. The van der Waals surface area contributed by atoms with Gasteiger partial charge in [0.1, 0.15) is 5.69 Å². The van der Waals surface area contributed by atoms with Crippen LogP contribution in [0.2, 0.25) is 0 Å². The van der Waals surface area contributed by atoms with Crippen molar-refractivity contribution < 1.29 is 13.6 Å². The molecule has 0 bridgehead atoms. The summed E-state index contributed by atoms with van der Waals surface area (Å²) in [5.41, 5.74) is -0.359. The van der Waals surface area contributed by atoms with Crippen LogP contribution in [0.4, 0.5) is 14.5 Å². The molecule has 1 aliphatic carbocycles. The van der Waals surface area contributed by atoms with E-state index in [0.717, 1.165) is 31.4 Å². The summed E-state index contributed by atoms with van der Waals surface area (Å²) in [6.07, 6.45) is 7.16. The van der Waals surface area contributed by atoms with Crippen LogP contribution in [0.25, 0.3) is 0 Å². The zero-order valence-corrected chi connectivity index (χ0v) is 12.8. The van der Waals surface area contributed by atoms with Crippen molar-refractivity contribution in [1.29, 1.82) is 0 Å². The highest BCUT2D eigenvalue weighted by atomic mass is 79.9. The summed E-state index contributed by atoms with van der Waals surface area (Å²) in [7, 11) is 0. The molecular weight excluding hydrogens is 328 g/mol. The quantitative estimate of drug-likeness (QED) is 0.814. The Hall–Kier alpha value is -0.970. The van der Waals surface area contributed by atoms with Gasteiger partial charge in [-0.25, -0.2) is 8.78 Å². The molecule has 1 N–H and O–H groups in total. The van der Waals surface area contributed by atoms with Crippen molar-refractivity contribution in [2.45, 2.75) is 44.9 Å². The van der Waals surface area contributed by atoms with Gasteiger partial charge in [-0.1, -0.05) is 48.0 Å². The van der Waals surface area contributed by atoms with Gasteiger partial charge in [-0.15, -0.1) is 0 Å². The van der Waals surface area contributed by atoms with Crippen molar-refractivity contribution in [2.24, 2.45) is 5.92 Å². The third-order valence-electron chi connectivity index (χ3n) is 3.78. The molecule has 0 aromatic heterocycles. The lowest BCUT2D eigenvalue weighted by atomic mass is 9.86. The van der Waals surface area contributed by atoms with Gasteiger partial charge in [-0.05, 0) is 24.5 Å². The first-order valence-electron chi connectivity index (χ1n) is 7.00. The first-order chi connectivity index (χ1) is 9.56. The van der Waals surface area contributed by atoms with Crippen molar-refractivity contribution >= 4 is 27.5 Å². The molecule has 1 aliphatic rings. The number of nitrogens with one attached hydrogen (secondary N) is 1. The first-order valence-corrected chi connectivity index (χ1v) is 7.80. The molecule has 2 nitrogen and oxygen atoms in total. The van der Waals surface area contributed by atoms with E-state index in [0.29, 0.717) is 16.8 Å². The largest absolute Gasteiger partial charge is 0.321 e. The maximum absolute atomic E-state index is 13.6. The lowest BCUT2D eigenvalue weighted by Crippen LogP contribution is -2.16. The Morgan fingerprint density at radius 3 is 2.40 bits per heavy atom. The standard InChI is InChI=1S/C15H18BrF2NO/c16-11-8-12(17)15(13(18)9-11)19-14(20)7-6-10-4-2-1-3-5-10/h8-10H,1-7H2,(H,19,20). The van der Waals surface area contributed by atoms with Gasteiger partial charge in [0.05, 0.1) is 0 Å². The Balaban J connectivity index is 1.88. The van der Waals surface area contributed by atoms with E-state index in [1.165, 1.54) is 19.3 Å². The van der Waals surface area contributed by atoms with Crippen LogP contribution >= 0.6 is 15.9 Å². The van der Waals surface area contributed by atoms with E-state index in [9.17, 15) is 13.6 Å². The maximum atomic E-state index is 13.6. The third kappa shape index (κ3) is 4.27. The van der Waals surface area contributed by atoms with Gasteiger partial charge in [0.25, 0.3) is 0 Å². The summed E-state index contributed by atoms with van der Waals surface area (Å²) in [4.78, 5) is 11.8. The number of hydrogen-bond acceptors (Lipinski definition) is 1. The lowest BCUT2D eigenvalue weighted by Gasteiger charge is -2.21. The maximum Gasteiger partial charge on any atom is 0.224 e. The lowest BCUT2D eigenvalue weighted by molar-refractivity contribution is -0.116. The molecular formula is C15H18BrF2NO. The van der Waals surface area contributed by atoms with Gasteiger partial charge < -0.3 is 5.32 Å². The highest BCUT2D eigenvalue weighted by molar-refractivity contribution is 9.10. The van der Waals surface area contributed by atoms with Crippen molar-refractivity contribution in [2.75, 3.05) is 5.32 Å². The number of benzene rings is 1. The van der Waals surface area contributed by atoms with Crippen molar-refractivity contribution in [3.63, 3.8) is 0 Å². The highest BCUT2D eigenvalue weighted by Gasteiger charge is 2.17. The molecule has 5 heteroatoms. The molecule has 0 heterocycles. The van der Waals surface area contributed by atoms with E-state index in [2.05, 4.69) is 21.2 Å². The molecule has 1 saturated carbocycles. The molecule has 20 heavy (non-hydrogen) atoms. The Morgan fingerprint density at radius 1 is 1.20 bits per heavy atom. The van der Waals surface area contributed by atoms with E-state index in [-0.39, 0.29) is 11.6 Å². The number of hydrogen-bond donors (Lipinski definition) is 1. The minimum absolute atomic E-state index is 0.313. The second-order valence-corrected chi connectivity index (χ2v) is 6.25. The van der Waals surface area contributed by atoms with E-state index in [1.807, 2.05) is 0 Å². The molecule has 0 saturated heterocycles. The first kappa shape index (κ1) is 15.4. The zero-order chi connectivity index (χ0) is 14.5. The molecule has 0 atom stereocenters. The second kappa shape index (κ2) is 7.16. The number of carbonyl (C=O) groups excluding carboxylic acids is 1. The van der Waals surface area contributed by atoms with Crippen LogP contribution in [-0.4, -0.2) is 5.91 Å². The molecule has 1 amide bonds. The van der Waals surface area contributed by atoms with Crippen LogP contribution in [0.5, 0.6) is 0 Å². The Labute approximate surface area is 126 Å². The SMILES string of the molecule is O=C(CCC1CCCCC1)Nc1c(F)cc(Br)cc1F. The fourth-order valence-electron chi connectivity index (χ4n) is 2.67.